The van der Waals surface area contributed by atoms with Crippen molar-refractivity contribution in [3.8, 4) is 0 Å². The minimum atomic E-state index is 1.04. The Kier molecular flexibility index (Phi) is 3.60. The molecule has 0 atom stereocenters. The van der Waals surface area contributed by atoms with Gasteiger partial charge in [0.1, 0.15) is 0 Å². The summed E-state index contributed by atoms with van der Waals surface area (Å²) in [6.07, 6.45) is 1.10. The SMILES string of the molecule is CN(C)c1ccc(CCBr)cc1. The summed E-state index contributed by atoms with van der Waals surface area (Å²) in [6, 6.07) is 8.66. The van der Waals surface area contributed by atoms with E-state index < -0.39 is 0 Å². The average molecular weight is 228 g/mol. The molecule has 0 amide bonds. The van der Waals surface area contributed by atoms with Gasteiger partial charge in [0.2, 0.25) is 0 Å². The Hall–Kier alpha value is -0.500. The predicted octanol–water partition coefficient (Wildman–Crippen LogP) is 2.69. The summed E-state index contributed by atoms with van der Waals surface area (Å²) in [6.45, 7) is 0. The van der Waals surface area contributed by atoms with Crippen LogP contribution in [0.25, 0.3) is 0 Å². The van der Waals surface area contributed by atoms with Gasteiger partial charge in [-0.15, -0.1) is 0 Å². The molecule has 0 aromatic heterocycles. The highest BCUT2D eigenvalue weighted by molar-refractivity contribution is 9.09. The van der Waals surface area contributed by atoms with E-state index in [0.717, 1.165) is 11.8 Å². The van der Waals surface area contributed by atoms with Crippen LogP contribution in [0.5, 0.6) is 0 Å². The fourth-order valence-electron chi connectivity index (χ4n) is 1.07. The summed E-state index contributed by atoms with van der Waals surface area (Å²) in [5.74, 6) is 0. The Labute approximate surface area is 82.5 Å². The number of benzene rings is 1. The van der Waals surface area contributed by atoms with E-state index in [1.165, 1.54) is 11.3 Å². The molecule has 0 aliphatic carbocycles. The normalized spacial score (nSPS) is 9.92. The first-order valence-corrected chi connectivity index (χ1v) is 5.18. The number of nitrogens with zero attached hydrogens (tertiary/aromatic N) is 1. The molecule has 0 aliphatic rings. The maximum absolute atomic E-state index is 3.42. The molecule has 1 aromatic carbocycles. The lowest BCUT2D eigenvalue weighted by Crippen LogP contribution is -2.08. The van der Waals surface area contributed by atoms with Gasteiger partial charge in [0.05, 0.1) is 0 Å². The molecule has 0 spiro atoms. The van der Waals surface area contributed by atoms with E-state index in [-0.39, 0.29) is 0 Å². The third-order valence-electron chi connectivity index (χ3n) is 1.84. The third-order valence-corrected chi connectivity index (χ3v) is 2.23. The zero-order valence-electron chi connectivity index (χ0n) is 7.55. The molecule has 2 heteroatoms. The van der Waals surface area contributed by atoms with Crippen LogP contribution in [0.2, 0.25) is 0 Å². The van der Waals surface area contributed by atoms with Gasteiger partial charge in [-0.25, -0.2) is 0 Å². The number of hydrogen-bond acceptors (Lipinski definition) is 1. The molecular formula is C10H14BrN. The highest BCUT2D eigenvalue weighted by atomic mass is 79.9. The Morgan fingerprint density at radius 2 is 1.75 bits per heavy atom. The molecule has 1 nitrogen and oxygen atoms in total. The van der Waals surface area contributed by atoms with Gasteiger partial charge in [-0.3, -0.25) is 0 Å². The van der Waals surface area contributed by atoms with E-state index in [2.05, 4.69) is 59.2 Å². The first-order chi connectivity index (χ1) is 5.74. The lowest BCUT2D eigenvalue weighted by molar-refractivity contribution is 1.11. The largest absolute Gasteiger partial charge is 0.378 e. The van der Waals surface area contributed by atoms with E-state index in [1.54, 1.807) is 0 Å². The summed E-state index contributed by atoms with van der Waals surface area (Å²) >= 11 is 3.42. The van der Waals surface area contributed by atoms with Crippen molar-refractivity contribution < 1.29 is 0 Å². The minimum absolute atomic E-state index is 1.04. The Morgan fingerprint density at radius 1 is 1.17 bits per heavy atom. The average Bonchev–Trinajstić information content (AvgIpc) is 2.06. The Balaban J connectivity index is 2.71. The molecule has 1 rings (SSSR count). The first-order valence-electron chi connectivity index (χ1n) is 4.06. The van der Waals surface area contributed by atoms with Crippen LogP contribution in [0.4, 0.5) is 5.69 Å². The van der Waals surface area contributed by atoms with Crippen LogP contribution in [0.1, 0.15) is 5.56 Å². The van der Waals surface area contributed by atoms with Gasteiger partial charge in [-0.05, 0) is 24.1 Å². The van der Waals surface area contributed by atoms with Crippen LogP contribution in [0.3, 0.4) is 0 Å². The molecular weight excluding hydrogens is 214 g/mol. The second-order valence-corrected chi connectivity index (χ2v) is 3.79. The fraction of sp³-hybridized carbons (Fsp3) is 0.400. The van der Waals surface area contributed by atoms with E-state index >= 15 is 0 Å². The molecule has 0 N–H and O–H groups in total. The van der Waals surface area contributed by atoms with Crippen molar-refractivity contribution in [1.29, 1.82) is 0 Å². The molecule has 0 aliphatic heterocycles. The Bertz CT molecular complexity index is 228. The third kappa shape index (κ3) is 2.52. The monoisotopic (exact) mass is 227 g/mol. The second kappa shape index (κ2) is 4.51. The highest BCUT2D eigenvalue weighted by Gasteiger charge is 1.94. The maximum Gasteiger partial charge on any atom is 0.0361 e. The van der Waals surface area contributed by atoms with Gasteiger partial charge in [0.15, 0.2) is 0 Å². The van der Waals surface area contributed by atoms with Gasteiger partial charge in [0, 0.05) is 25.1 Å². The van der Waals surface area contributed by atoms with Crippen molar-refractivity contribution in [2.75, 3.05) is 24.3 Å². The van der Waals surface area contributed by atoms with Crippen LogP contribution in [-0.2, 0) is 6.42 Å². The fourth-order valence-corrected chi connectivity index (χ4v) is 1.53. The number of hydrogen-bond donors (Lipinski definition) is 0. The molecule has 0 bridgehead atoms. The molecule has 0 saturated heterocycles. The van der Waals surface area contributed by atoms with Crippen molar-refractivity contribution in [3.63, 3.8) is 0 Å². The number of anilines is 1. The number of aryl methyl sites for hydroxylation is 1. The summed E-state index contributed by atoms with van der Waals surface area (Å²) < 4.78 is 0. The predicted molar refractivity (Wildman–Crippen MR) is 58.3 cm³/mol. The standard InChI is InChI=1S/C10H14BrN/c1-12(2)10-5-3-9(4-6-10)7-8-11/h3-6H,7-8H2,1-2H3. The van der Waals surface area contributed by atoms with Crippen LogP contribution < -0.4 is 4.90 Å². The second-order valence-electron chi connectivity index (χ2n) is 3.00. The van der Waals surface area contributed by atoms with Crippen molar-refractivity contribution >= 4 is 21.6 Å². The van der Waals surface area contributed by atoms with Crippen molar-refractivity contribution in [2.24, 2.45) is 0 Å². The molecule has 12 heavy (non-hydrogen) atoms. The molecule has 0 heterocycles. The van der Waals surface area contributed by atoms with Crippen LogP contribution in [-0.4, -0.2) is 19.4 Å². The van der Waals surface area contributed by atoms with Gasteiger partial charge >= 0.3 is 0 Å². The summed E-state index contributed by atoms with van der Waals surface area (Å²) in [5, 5.41) is 1.04. The molecule has 0 fully saturated rings. The first kappa shape index (κ1) is 9.59. The summed E-state index contributed by atoms with van der Waals surface area (Å²) in [5.41, 5.74) is 2.64. The molecule has 0 unspecified atom stereocenters. The lowest BCUT2D eigenvalue weighted by Gasteiger charge is -2.12. The lowest BCUT2D eigenvalue weighted by atomic mass is 10.1. The molecule has 0 radical (unpaired) electrons. The quantitative estimate of drug-likeness (QED) is 0.719. The van der Waals surface area contributed by atoms with Crippen LogP contribution >= 0.6 is 15.9 Å². The number of alkyl halides is 1. The van der Waals surface area contributed by atoms with Gasteiger partial charge in [-0.2, -0.15) is 0 Å². The topological polar surface area (TPSA) is 3.24 Å². The van der Waals surface area contributed by atoms with Gasteiger partial charge in [0.25, 0.3) is 0 Å². The van der Waals surface area contributed by atoms with E-state index in [0.29, 0.717) is 0 Å². The summed E-state index contributed by atoms with van der Waals surface area (Å²) in [7, 11) is 4.11. The zero-order chi connectivity index (χ0) is 8.97. The Morgan fingerprint density at radius 3 is 2.17 bits per heavy atom. The maximum atomic E-state index is 3.42. The van der Waals surface area contributed by atoms with E-state index in [1.807, 2.05) is 0 Å². The van der Waals surface area contributed by atoms with Gasteiger partial charge in [-0.1, -0.05) is 28.1 Å². The summed E-state index contributed by atoms with van der Waals surface area (Å²) in [4.78, 5) is 2.11. The molecule has 1 aromatic rings. The van der Waals surface area contributed by atoms with E-state index in [4.69, 9.17) is 0 Å². The smallest absolute Gasteiger partial charge is 0.0361 e. The highest BCUT2D eigenvalue weighted by Crippen LogP contribution is 2.12. The number of halogens is 1. The number of rotatable bonds is 3. The van der Waals surface area contributed by atoms with Crippen LogP contribution in [0, 0.1) is 0 Å². The minimum Gasteiger partial charge on any atom is -0.378 e. The van der Waals surface area contributed by atoms with Crippen molar-refractivity contribution in [1.82, 2.24) is 0 Å². The zero-order valence-corrected chi connectivity index (χ0v) is 9.13. The van der Waals surface area contributed by atoms with Crippen LogP contribution in [0.15, 0.2) is 24.3 Å². The molecule has 0 saturated carbocycles. The van der Waals surface area contributed by atoms with Gasteiger partial charge < -0.3 is 4.90 Å². The van der Waals surface area contributed by atoms with E-state index in [9.17, 15) is 0 Å². The van der Waals surface area contributed by atoms with Crippen molar-refractivity contribution in [2.45, 2.75) is 6.42 Å². The molecule has 66 valence electrons. The van der Waals surface area contributed by atoms with Crippen molar-refractivity contribution in [3.05, 3.63) is 29.8 Å².